The maximum atomic E-state index is 11.7. The SMILES string of the molecule is CC(C)SCC(=O)N(C)Cc1cccs1. The molecule has 0 saturated carbocycles. The molecular formula is C11H17NOS2. The van der Waals surface area contributed by atoms with Crippen molar-refractivity contribution < 1.29 is 4.79 Å². The van der Waals surface area contributed by atoms with Crippen molar-refractivity contribution in [3.63, 3.8) is 0 Å². The standard InChI is InChI=1S/C11H17NOS2/c1-9(2)15-8-11(13)12(3)7-10-5-4-6-14-10/h4-6,9H,7-8H2,1-3H3. The zero-order valence-electron chi connectivity index (χ0n) is 9.40. The number of nitrogens with zero attached hydrogens (tertiary/aromatic N) is 1. The lowest BCUT2D eigenvalue weighted by Crippen LogP contribution is -2.27. The number of hydrogen-bond acceptors (Lipinski definition) is 3. The molecule has 0 unspecified atom stereocenters. The van der Waals surface area contributed by atoms with Crippen LogP contribution in [0, 0.1) is 0 Å². The van der Waals surface area contributed by atoms with Crippen molar-refractivity contribution in [1.82, 2.24) is 4.90 Å². The highest BCUT2D eigenvalue weighted by Gasteiger charge is 2.10. The predicted molar refractivity (Wildman–Crippen MR) is 68.4 cm³/mol. The molecule has 0 aromatic carbocycles. The second-order valence-electron chi connectivity index (χ2n) is 3.69. The molecule has 0 aliphatic heterocycles. The highest BCUT2D eigenvalue weighted by molar-refractivity contribution is 8.00. The van der Waals surface area contributed by atoms with Crippen LogP contribution >= 0.6 is 23.1 Å². The number of rotatable bonds is 5. The van der Waals surface area contributed by atoms with Crippen LogP contribution < -0.4 is 0 Å². The maximum absolute atomic E-state index is 11.7. The van der Waals surface area contributed by atoms with E-state index in [1.165, 1.54) is 4.88 Å². The quantitative estimate of drug-likeness (QED) is 0.792. The molecule has 0 saturated heterocycles. The second-order valence-corrected chi connectivity index (χ2v) is 6.29. The Morgan fingerprint density at radius 2 is 2.33 bits per heavy atom. The first kappa shape index (κ1) is 12.6. The van der Waals surface area contributed by atoms with E-state index in [0.29, 0.717) is 11.0 Å². The van der Waals surface area contributed by atoms with E-state index in [4.69, 9.17) is 0 Å². The molecule has 0 aliphatic rings. The molecule has 0 aliphatic carbocycles. The molecule has 4 heteroatoms. The maximum Gasteiger partial charge on any atom is 0.232 e. The summed E-state index contributed by atoms with van der Waals surface area (Å²) in [5.41, 5.74) is 0. The normalized spacial score (nSPS) is 10.7. The summed E-state index contributed by atoms with van der Waals surface area (Å²) in [6.45, 7) is 4.95. The van der Waals surface area contributed by atoms with E-state index in [2.05, 4.69) is 19.9 Å². The van der Waals surface area contributed by atoms with Gasteiger partial charge in [-0.2, -0.15) is 0 Å². The van der Waals surface area contributed by atoms with E-state index in [1.54, 1.807) is 28.0 Å². The van der Waals surface area contributed by atoms with Crippen molar-refractivity contribution in [2.24, 2.45) is 0 Å². The molecule has 15 heavy (non-hydrogen) atoms. The second kappa shape index (κ2) is 6.18. The molecule has 1 aromatic heterocycles. The number of hydrogen-bond donors (Lipinski definition) is 0. The number of amides is 1. The fourth-order valence-electron chi connectivity index (χ4n) is 1.07. The minimum Gasteiger partial charge on any atom is -0.340 e. The van der Waals surface area contributed by atoms with Crippen molar-refractivity contribution in [3.8, 4) is 0 Å². The highest BCUT2D eigenvalue weighted by atomic mass is 32.2. The number of thioether (sulfide) groups is 1. The van der Waals surface area contributed by atoms with E-state index in [-0.39, 0.29) is 5.91 Å². The van der Waals surface area contributed by atoms with Crippen LogP contribution in [-0.2, 0) is 11.3 Å². The number of carbonyl (C=O) groups excluding carboxylic acids is 1. The van der Waals surface area contributed by atoms with Gasteiger partial charge < -0.3 is 4.90 Å². The molecule has 1 rings (SSSR count). The van der Waals surface area contributed by atoms with E-state index < -0.39 is 0 Å². The monoisotopic (exact) mass is 243 g/mol. The predicted octanol–water partition coefficient (Wildman–Crippen LogP) is 2.85. The van der Waals surface area contributed by atoms with Gasteiger partial charge in [0.25, 0.3) is 0 Å². The van der Waals surface area contributed by atoms with Gasteiger partial charge in [-0.1, -0.05) is 19.9 Å². The lowest BCUT2D eigenvalue weighted by molar-refractivity contribution is -0.127. The smallest absolute Gasteiger partial charge is 0.232 e. The summed E-state index contributed by atoms with van der Waals surface area (Å²) in [5, 5.41) is 2.56. The Balaban J connectivity index is 2.33. The number of thiophene rings is 1. The first-order valence-electron chi connectivity index (χ1n) is 4.97. The Hall–Kier alpha value is -0.480. The minimum atomic E-state index is 0.210. The van der Waals surface area contributed by atoms with Crippen LogP contribution in [0.1, 0.15) is 18.7 Å². The Kier molecular flexibility index (Phi) is 5.19. The van der Waals surface area contributed by atoms with Gasteiger partial charge in [-0.3, -0.25) is 4.79 Å². The summed E-state index contributed by atoms with van der Waals surface area (Å²) in [6, 6.07) is 4.07. The summed E-state index contributed by atoms with van der Waals surface area (Å²) >= 11 is 3.38. The summed E-state index contributed by atoms with van der Waals surface area (Å²) < 4.78 is 0. The van der Waals surface area contributed by atoms with E-state index in [1.807, 2.05) is 18.5 Å². The highest BCUT2D eigenvalue weighted by Crippen LogP contribution is 2.13. The zero-order valence-corrected chi connectivity index (χ0v) is 11.0. The minimum absolute atomic E-state index is 0.210. The Morgan fingerprint density at radius 3 is 2.87 bits per heavy atom. The molecule has 0 radical (unpaired) electrons. The lowest BCUT2D eigenvalue weighted by Gasteiger charge is -2.16. The first-order chi connectivity index (χ1) is 7.09. The van der Waals surface area contributed by atoms with Crippen LogP contribution in [0.25, 0.3) is 0 Å². The summed E-state index contributed by atoms with van der Waals surface area (Å²) in [5.74, 6) is 0.793. The molecule has 0 N–H and O–H groups in total. The first-order valence-corrected chi connectivity index (χ1v) is 6.90. The molecule has 0 bridgehead atoms. The molecular weight excluding hydrogens is 226 g/mol. The summed E-state index contributed by atoms with van der Waals surface area (Å²) in [4.78, 5) is 14.7. The van der Waals surface area contributed by atoms with E-state index in [0.717, 1.165) is 6.54 Å². The fraction of sp³-hybridized carbons (Fsp3) is 0.545. The van der Waals surface area contributed by atoms with Crippen molar-refractivity contribution in [3.05, 3.63) is 22.4 Å². The summed E-state index contributed by atoms with van der Waals surface area (Å²) in [7, 11) is 1.86. The van der Waals surface area contributed by atoms with Gasteiger partial charge in [0, 0.05) is 11.9 Å². The Morgan fingerprint density at radius 1 is 1.60 bits per heavy atom. The topological polar surface area (TPSA) is 20.3 Å². The van der Waals surface area contributed by atoms with Crippen LogP contribution in [-0.4, -0.2) is 28.9 Å². The average Bonchev–Trinajstić information content (AvgIpc) is 2.66. The Bertz CT molecular complexity index is 296. The van der Waals surface area contributed by atoms with Gasteiger partial charge in [-0.15, -0.1) is 23.1 Å². The van der Waals surface area contributed by atoms with Gasteiger partial charge in [0.2, 0.25) is 5.91 Å². The molecule has 84 valence electrons. The molecule has 0 fully saturated rings. The van der Waals surface area contributed by atoms with Crippen molar-refractivity contribution in [1.29, 1.82) is 0 Å². The molecule has 1 heterocycles. The summed E-state index contributed by atoms with van der Waals surface area (Å²) in [6.07, 6.45) is 0. The van der Waals surface area contributed by atoms with Crippen molar-refractivity contribution >= 4 is 29.0 Å². The van der Waals surface area contributed by atoms with Crippen LogP contribution in [0.2, 0.25) is 0 Å². The third-order valence-corrected chi connectivity index (χ3v) is 3.88. The van der Waals surface area contributed by atoms with E-state index in [9.17, 15) is 4.79 Å². The van der Waals surface area contributed by atoms with Crippen LogP contribution in [0.15, 0.2) is 17.5 Å². The molecule has 2 nitrogen and oxygen atoms in total. The van der Waals surface area contributed by atoms with Gasteiger partial charge in [-0.25, -0.2) is 0 Å². The van der Waals surface area contributed by atoms with Gasteiger partial charge >= 0.3 is 0 Å². The fourth-order valence-corrected chi connectivity index (χ4v) is 2.53. The van der Waals surface area contributed by atoms with Crippen LogP contribution in [0.4, 0.5) is 0 Å². The van der Waals surface area contributed by atoms with Gasteiger partial charge in [-0.05, 0) is 16.7 Å². The Labute approximate surface area is 99.7 Å². The third-order valence-electron chi connectivity index (χ3n) is 1.94. The van der Waals surface area contributed by atoms with Crippen molar-refractivity contribution in [2.45, 2.75) is 25.6 Å². The third kappa shape index (κ3) is 4.71. The average molecular weight is 243 g/mol. The van der Waals surface area contributed by atoms with Crippen LogP contribution in [0.3, 0.4) is 0 Å². The molecule has 0 spiro atoms. The van der Waals surface area contributed by atoms with Crippen LogP contribution in [0.5, 0.6) is 0 Å². The molecule has 1 aromatic rings. The zero-order chi connectivity index (χ0) is 11.3. The molecule has 1 amide bonds. The lowest BCUT2D eigenvalue weighted by atomic mass is 10.4. The molecule has 0 atom stereocenters. The van der Waals surface area contributed by atoms with Crippen molar-refractivity contribution in [2.75, 3.05) is 12.8 Å². The van der Waals surface area contributed by atoms with Gasteiger partial charge in [0.15, 0.2) is 0 Å². The number of carbonyl (C=O) groups is 1. The van der Waals surface area contributed by atoms with E-state index >= 15 is 0 Å². The van der Waals surface area contributed by atoms with Gasteiger partial charge in [0.05, 0.1) is 12.3 Å². The van der Waals surface area contributed by atoms with Gasteiger partial charge in [0.1, 0.15) is 0 Å². The largest absolute Gasteiger partial charge is 0.340 e.